The van der Waals surface area contributed by atoms with E-state index in [2.05, 4.69) is 10.3 Å². The average Bonchev–Trinajstić information content (AvgIpc) is 2.61. The van der Waals surface area contributed by atoms with Crippen LogP contribution in [0.15, 0.2) is 35.1 Å². The number of aromatic nitrogens is 1. The van der Waals surface area contributed by atoms with Crippen molar-refractivity contribution in [3.63, 3.8) is 0 Å². The number of hydrogen-bond acceptors (Lipinski definition) is 5. The number of aromatic amines is 1. The highest BCUT2D eigenvalue weighted by molar-refractivity contribution is 6.05. The van der Waals surface area contributed by atoms with Crippen molar-refractivity contribution in [3.8, 4) is 5.75 Å². The molecule has 7 nitrogen and oxygen atoms in total. The number of H-pyrrole nitrogens is 1. The lowest BCUT2D eigenvalue weighted by Gasteiger charge is -2.09. The third kappa shape index (κ3) is 3.62. The summed E-state index contributed by atoms with van der Waals surface area (Å²) < 4.78 is 9.73. The van der Waals surface area contributed by atoms with Gasteiger partial charge in [-0.2, -0.15) is 0 Å². The molecule has 1 aromatic heterocycles. The lowest BCUT2D eigenvalue weighted by atomic mass is 10.1. The second-order valence-corrected chi connectivity index (χ2v) is 4.93. The number of methoxy groups -OCH3 is 2. The number of rotatable bonds is 5. The second kappa shape index (κ2) is 7.45. The first-order valence-electron chi connectivity index (χ1n) is 7.30. The van der Waals surface area contributed by atoms with Gasteiger partial charge in [0, 0.05) is 11.4 Å². The highest BCUT2D eigenvalue weighted by atomic mass is 16.5. The summed E-state index contributed by atoms with van der Waals surface area (Å²) in [6.07, 6.45) is 0.431. The molecule has 7 heteroatoms. The Morgan fingerprint density at radius 2 is 1.79 bits per heavy atom. The zero-order valence-corrected chi connectivity index (χ0v) is 13.6. The van der Waals surface area contributed by atoms with Crippen molar-refractivity contribution in [2.24, 2.45) is 0 Å². The molecule has 2 aromatic rings. The summed E-state index contributed by atoms with van der Waals surface area (Å²) in [5.41, 5.74) is 0.362. The predicted molar refractivity (Wildman–Crippen MR) is 88.7 cm³/mol. The van der Waals surface area contributed by atoms with E-state index in [1.807, 2.05) is 0 Å². The minimum Gasteiger partial charge on any atom is -0.497 e. The highest BCUT2D eigenvalue weighted by Gasteiger charge is 2.19. The van der Waals surface area contributed by atoms with Crippen LogP contribution in [0, 0.1) is 0 Å². The summed E-state index contributed by atoms with van der Waals surface area (Å²) in [6.45, 7) is 1.79. The zero-order chi connectivity index (χ0) is 17.7. The van der Waals surface area contributed by atoms with Crippen molar-refractivity contribution in [1.82, 2.24) is 4.98 Å². The van der Waals surface area contributed by atoms with Crippen LogP contribution in [0.25, 0.3) is 0 Å². The van der Waals surface area contributed by atoms with Gasteiger partial charge in [-0.3, -0.25) is 9.59 Å². The number of carbonyl (C=O) groups excluding carboxylic acids is 2. The first-order valence-corrected chi connectivity index (χ1v) is 7.30. The molecule has 1 amide bonds. The molecule has 24 heavy (non-hydrogen) atoms. The maximum absolute atomic E-state index is 12.3. The Hall–Kier alpha value is -3.09. The molecule has 126 valence electrons. The van der Waals surface area contributed by atoms with E-state index < -0.39 is 17.4 Å². The van der Waals surface area contributed by atoms with Gasteiger partial charge in [0.2, 0.25) is 0 Å². The molecule has 0 bridgehead atoms. The Bertz CT molecular complexity index is 809. The van der Waals surface area contributed by atoms with Crippen molar-refractivity contribution in [2.75, 3.05) is 19.5 Å². The average molecular weight is 330 g/mol. The summed E-state index contributed by atoms with van der Waals surface area (Å²) in [5.74, 6) is -0.582. The molecule has 0 aliphatic carbocycles. The maximum Gasteiger partial charge on any atom is 0.339 e. The fraction of sp³-hybridized carbons (Fsp3) is 0.235. The highest BCUT2D eigenvalue weighted by Crippen LogP contribution is 2.16. The number of anilines is 1. The van der Waals surface area contributed by atoms with E-state index >= 15 is 0 Å². The summed E-state index contributed by atoms with van der Waals surface area (Å²) >= 11 is 0. The molecule has 0 saturated heterocycles. The molecule has 0 saturated carbocycles. The minimum absolute atomic E-state index is 0.164. The van der Waals surface area contributed by atoms with Crippen LogP contribution in [0.3, 0.4) is 0 Å². The molecule has 0 atom stereocenters. The summed E-state index contributed by atoms with van der Waals surface area (Å²) in [5, 5.41) is 2.61. The van der Waals surface area contributed by atoms with Gasteiger partial charge in [-0.15, -0.1) is 0 Å². The van der Waals surface area contributed by atoms with E-state index in [1.54, 1.807) is 31.2 Å². The first-order chi connectivity index (χ1) is 11.5. The summed E-state index contributed by atoms with van der Waals surface area (Å²) in [7, 11) is 2.78. The van der Waals surface area contributed by atoms with Crippen LogP contribution in [0.4, 0.5) is 5.69 Å². The number of carbonyl (C=O) groups is 2. The van der Waals surface area contributed by atoms with Crippen molar-refractivity contribution >= 4 is 17.6 Å². The molecule has 0 unspecified atom stereocenters. The largest absolute Gasteiger partial charge is 0.497 e. The van der Waals surface area contributed by atoms with Gasteiger partial charge in [0.25, 0.3) is 11.5 Å². The fourth-order valence-electron chi connectivity index (χ4n) is 2.18. The third-order valence-corrected chi connectivity index (χ3v) is 3.47. The summed E-state index contributed by atoms with van der Waals surface area (Å²) in [4.78, 5) is 38.8. The number of ether oxygens (including phenoxy) is 2. The molecule has 1 aromatic carbocycles. The van der Waals surface area contributed by atoms with Gasteiger partial charge in [-0.05, 0) is 36.8 Å². The van der Waals surface area contributed by atoms with Crippen LogP contribution in [0.1, 0.15) is 33.3 Å². The van der Waals surface area contributed by atoms with Crippen LogP contribution < -0.4 is 15.6 Å². The minimum atomic E-state index is -0.616. The molecular weight excluding hydrogens is 312 g/mol. The molecule has 0 fully saturated rings. The van der Waals surface area contributed by atoms with E-state index in [0.717, 1.165) is 0 Å². The van der Waals surface area contributed by atoms with Gasteiger partial charge in [-0.1, -0.05) is 6.92 Å². The second-order valence-electron chi connectivity index (χ2n) is 4.93. The number of amides is 1. The Labute approximate surface area is 138 Å². The van der Waals surface area contributed by atoms with Crippen LogP contribution in [-0.2, 0) is 11.2 Å². The van der Waals surface area contributed by atoms with Crippen molar-refractivity contribution in [2.45, 2.75) is 13.3 Å². The molecule has 0 spiro atoms. The number of aryl methyl sites for hydroxylation is 1. The van der Waals surface area contributed by atoms with Gasteiger partial charge < -0.3 is 19.8 Å². The van der Waals surface area contributed by atoms with Crippen molar-refractivity contribution < 1.29 is 19.1 Å². The number of esters is 1. The Balaban J connectivity index is 2.34. The molecule has 2 rings (SSSR count). The van der Waals surface area contributed by atoms with E-state index in [9.17, 15) is 14.4 Å². The number of pyridine rings is 1. The normalized spacial score (nSPS) is 10.1. The molecule has 0 aliphatic rings. The lowest BCUT2D eigenvalue weighted by molar-refractivity contribution is 0.0599. The van der Waals surface area contributed by atoms with Gasteiger partial charge >= 0.3 is 5.97 Å². The Morgan fingerprint density at radius 1 is 1.12 bits per heavy atom. The van der Waals surface area contributed by atoms with E-state index in [1.165, 1.54) is 20.3 Å². The monoisotopic (exact) mass is 330 g/mol. The fourth-order valence-corrected chi connectivity index (χ4v) is 2.18. The Kier molecular flexibility index (Phi) is 5.36. The van der Waals surface area contributed by atoms with Crippen molar-refractivity contribution in [3.05, 3.63) is 57.5 Å². The Morgan fingerprint density at radius 3 is 2.33 bits per heavy atom. The van der Waals surface area contributed by atoms with Crippen molar-refractivity contribution in [1.29, 1.82) is 0 Å². The van der Waals surface area contributed by atoms with Gasteiger partial charge in [0.15, 0.2) is 0 Å². The number of benzene rings is 1. The zero-order valence-electron chi connectivity index (χ0n) is 13.6. The van der Waals surface area contributed by atoms with Crippen LogP contribution in [-0.4, -0.2) is 31.1 Å². The molecular formula is C17H18N2O5. The first kappa shape index (κ1) is 17.3. The van der Waals surface area contributed by atoms with Gasteiger partial charge in [0.1, 0.15) is 11.3 Å². The summed E-state index contributed by atoms with van der Waals surface area (Å²) in [6, 6.07) is 7.90. The number of nitrogens with one attached hydrogen (secondary N) is 2. The standard InChI is InChI=1S/C17H18N2O5/c1-4-14-12(17(22)24-3)9-13(16(21)19-14)15(20)18-10-5-7-11(23-2)8-6-10/h5-9H,4H2,1-3H3,(H,18,20)(H,19,21). The maximum atomic E-state index is 12.3. The molecule has 0 aliphatic heterocycles. The van der Waals surface area contributed by atoms with Crippen LogP contribution in [0.2, 0.25) is 0 Å². The smallest absolute Gasteiger partial charge is 0.339 e. The topological polar surface area (TPSA) is 97.5 Å². The van der Waals surface area contributed by atoms with Gasteiger partial charge in [0.05, 0.1) is 19.8 Å². The lowest BCUT2D eigenvalue weighted by Crippen LogP contribution is -2.26. The van der Waals surface area contributed by atoms with Gasteiger partial charge in [-0.25, -0.2) is 4.79 Å². The van der Waals surface area contributed by atoms with E-state index in [-0.39, 0.29) is 11.1 Å². The van der Waals surface area contributed by atoms with E-state index in [4.69, 9.17) is 9.47 Å². The third-order valence-electron chi connectivity index (χ3n) is 3.47. The molecule has 0 radical (unpaired) electrons. The SMILES string of the molecule is CCc1[nH]c(=O)c(C(=O)Nc2ccc(OC)cc2)cc1C(=O)OC. The van der Waals surface area contributed by atoms with Crippen LogP contribution in [0.5, 0.6) is 5.75 Å². The quantitative estimate of drug-likeness (QED) is 0.817. The van der Waals surface area contributed by atoms with Crippen LogP contribution >= 0.6 is 0 Å². The van der Waals surface area contributed by atoms with E-state index in [0.29, 0.717) is 23.6 Å². The predicted octanol–water partition coefficient (Wildman–Crippen LogP) is 1.98. The molecule has 1 heterocycles. The number of hydrogen-bond donors (Lipinski definition) is 2. The molecule has 2 N–H and O–H groups in total.